The normalized spacial score (nSPS) is 11.6. The van der Waals surface area contributed by atoms with Crippen LogP contribution in [0.2, 0.25) is 0 Å². The van der Waals surface area contributed by atoms with Crippen molar-refractivity contribution in [3.05, 3.63) is 60.3 Å². The molecule has 0 fully saturated rings. The summed E-state index contributed by atoms with van der Waals surface area (Å²) in [6.07, 6.45) is 1.62. The van der Waals surface area contributed by atoms with Crippen LogP contribution in [0, 0.1) is 5.92 Å². The predicted molar refractivity (Wildman–Crippen MR) is 111 cm³/mol. The van der Waals surface area contributed by atoms with Crippen molar-refractivity contribution in [3.8, 4) is 28.4 Å². The maximum atomic E-state index is 12.9. The van der Waals surface area contributed by atoms with E-state index in [-0.39, 0.29) is 6.54 Å². The minimum Gasteiger partial charge on any atom is -0.497 e. The lowest BCUT2D eigenvalue weighted by Crippen LogP contribution is -2.31. The van der Waals surface area contributed by atoms with Gasteiger partial charge in [0.05, 0.1) is 31.4 Å². The number of hydrogen-bond donors (Lipinski definition) is 2. The maximum Gasteiger partial charge on any atom is 0.308 e. The number of aliphatic carboxylic acids is 1. The second-order valence-electron chi connectivity index (χ2n) is 6.69. The summed E-state index contributed by atoms with van der Waals surface area (Å²) in [7, 11) is 3.09. The monoisotopic (exact) mass is 409 g/mol. The molecule has 3 aromatic rings. The summed E-state index contributed by atoms with van der Waals surface area (Å²) in [5.74, 6) is -1.00. The van der Waals surface area contributed by atoms with E-state index in [1.54, 1.807) is 36.2 Å². The fourth-order valence-corrected chi connectivity index (χ4v) is 2.88. The molecule has 0 bridgehead atoms. The molecule has 2 N–H and O–H groups in total. The Balaban J connectivity index is 2.08. The van der Waals surface area contributed by atoms with Crippen molar-refractivity contribution in [1.29, 1.82) is 0 Å². The SMILES string of the molecule is COc1ccc(OC)c(-c2nn(-c3ccccc3)cc2C(=O)NC[C@@H](C)C(=O)O)c1. The minimum atomic E-state index is -0.982. The Morgan fingerprint density at radius 3 is 2.50 bits per heavy atom. The smallest absolute Gasteiger partial charge is 0.308 e. The first-order valence-electron chi connectivity index (χ1n) is 9.33. The fraction of sp³-hybridized carbons (Fsp3) is 0.227. The van der Waals surface area contributed by atoms with Crippen LogP contribution in [0.15, 0.2) is 54.7 Å². The quantitative estimate of drug-likeness (QED) is 0.593. The third-order valence-electron chi connectivity index (χ3n) is 4.63. The summed E-state index contributed by atoms with van der Waals surface area (Å²) in [6.45, 7) is 1.53. The number of aromatic nitrogens is 2. The molecule has 3 rings (SSSR count). The lowest BCUT2D eigenvalue weighted by Gasteiger charge is -2.11. The molecule has 30 heavy (non-hydrogen) atoms. The molecule has 8 nitrogen and oxygen atoms in total. The number of benzene rings is 2. The van der Waals surface area contributed by atoms with Crippen LogP contribution in [-0.2, 0) is 4.79 Å². The van der Waals surface area contributed by atoms with Crippen molar-refractivity contribution >= 4 is 11.9 Å². The summed E-state index contributed by atoms with van der Waals surface area (Å²) in [6, 6.07) is 14.6. The molecule has 0 spiro atoms. The minimum absolute atomic E-state index is 0.000626. The highest BCUT2D eigenvalue weighted by atomic mass is 16.5. The average Bonchev–Trinajstić information content (AvgIpc) is 3.22. The molecule has 0 aliphatic carbocycles. The van der Waals surface area contributed by atoms with Gasteiger partial charge in [-0.15, -0.1) is 0 Å². The van der Waals surface area contributed by atoms with Crippen molar-refractivity contribution in [3.63, 3.8) is 0 Å². The standard InChI is InChI=1S/C22H23N3O5/c1-14(22(27)28)12-23-21(26)18-13-25(15-7-5-4-6-8-15)24-20(18)17-11-16(29-2)9-10-19(17)30-3/h4-11,13-14H,12H2,1-3H3,(H,23,26)(H,27,28)/t14-/m1/s1. The van der Waals surface area contributed by atoms with E-state index >= 15 is 0 Å². The average molecular weight is 409 g/mol. The number of hydrogen-bond acceptors (Lipinski definition) is 5. The van der Waals surface area contributed by atoms with Gasteiger partial charge in [0, 0.05) is 18.3 Å². The van der Waals surface area contributed by atoms with Crippen molar-refractivity contribution in [2.75, 3.05) is 20.8 Å². The van der Waals surface area contributed by atoms with Gasteiger partial charge in [-0.1, -0.05) is 25.1 Å². The number of carboxylic acids is 1. The second kappa shape index (κ2) is 9.13. The zero-order valence-corrected chi connectivity index (χ0v) is 17.0. The summed E-state index contributed by atoms with van der Waals surface area (Å²) < 4.78 is 12.4. The summed E-state index contributed by atoms with van der Waals surface area (Å²) in [5, 5.41) is 16.4. The van der Waals surface area contributed by atoms with Gasteiger partial charge in [-0.25, -0.2) is 4.68 Å². The molecule has 2 aromatic carbocycles. The molecule has 0 aliphatic heterocycles. The molecule has 1 amide bonds. The summed E-state index contributed by atoms with van der Waals surface area (Å²) in [5.41, 5.74) is 2.06. The Bertz CT molecular complexity index is 1050. The van der Waals surface area contributed by atoms with Gasteiger partial charge in [0.15, 0.2) is 0 Å². The van der Waals surface area contributed by atoms with Gasteiger partial charge in [0.2, 0.25) is 0 Å². The van der Waals surface area contributed by atoms with Gasteiger partial charge < -0.3 is 19.9 Å². The van der Waals surface area contributed by atoms with Crippen LogP contribution in [0.1, 0.15) is 17.3 Å². The van der Waals surface area contributed by atoms with Crippen molar-refractivity contribution < 1.29 is 24.2 Å². The molecule has 0 unspecified atom stereocenters. The fourth-order valence-electron chi connectivity index (χ4n) is 2.88. The van der Waals surface area contributed by atoms with E-state index in [9.17, 15) is 9.59 Å². The molecule has 8 heteroatoms. The number of carbonyl (C=O) groups excluding carboxylic acids is 1. The zero-order valence-electron chi connectivity index (χ0n) is 17.0. The Kier molecular flexibility index (Phi) is 6.36. The van der Waals surface area contributed by atoms with Gasteiger partial charge in [-0.05, 0) is 30.3 Å². The van der Waals surface area contributed by atoms with Gasteiger partial charge in [-0.2, -0.15) is 5.10 Å². The van der Waals surface area contributed by atoms with E-state index < -0.39 is 17.8 Å². The number of rotatable bonds is 8. The van der Waals surface area contributed by atoms with Crippen LogP contribution in [0.4, 0.5) is 0 Å². The molecule has 1 aromatic heterocycles. The van der Waals surface area contributed by atoms with E-state index in [4.69, 9.17) is 14.6 Å². The molecule has 156 valence electrons. The molecule has 0 saturated carbocycles. The highest BCUT2D eigenvalue weighted by Gasteiger charge is 2.23. The number of amides is 1. The van der Waals surface area contributed by atoms with E-state index in [0.717, 1.165) is 5.69 Å². The van der Waals surface area contributed by atoms with Crippen LogP contribution in [0.3, 0.4) is 0 Å². The van der Waals surface area contributed by atoms with E-state index in [1.807, 2.05) is 30.3 Å². The molecular weight excluding hydrogens is 386 g/mol. The van der Waals surface area contributed by atoms with Gasteiger partial charge in [0.25, 0.3) is 5.91 Å². The Morgan fingerprint density at radius 1 is 1.13 bits per heavy atom. The Labute approximate surface area is 174 Å². The zero-order chi connectivity index (χ0) is 21.7. The van der Waals surface area contributed by atoms with Crippen molar-refractivity contribution in [1.82, 2.24) is 15.1 Å². The number of nitrogens with one attached hydrogen (secondary N) is 1. The number of ether oxygens (including phenoxy) is 2. The van der Waals surface area contributed by atoms with Crippen LogP contribution in [-0.4, -0.2) is 47.5 Å². The third-order valence-corrected chi connectivity index (χ3v) is 4.63. The summed E-state index contributed by atoms with van der Waals surface area (Å²) >= 11 is 0. The highest BCUT2D eigenvalue weighted by Crippen LogP contribution is 2.35. The lowest BCUT2D eigenvalue weighted by atomic mass is 10.1. The molecule has 0 radical (unpaired) electrons. The molecule has 0 saturated heterocycles. The maximum absolute atomic E-state index is 12.9. The van der Waals surface area contributed by atoms with E-state index in [2.05, 4.69) is 10.4 Å². The molecule has 1 atom stereocenters. The molecule has 1 heterocycles. The number of methoxy groups -OCH3 is 2. The Hall–Kier alpha value is -3.81. The van der Waals surface area contributed by atoms with Gasteiger partial charge in [-0.3, -0.25) is 9.59 Å². The number of nitrogens with zero attached hydrogens (tertiary/aromatic N) is 2. The summed E-state index contributed by atoms with van der Waals surface area (Å²) in [4.78, 5) is 24.0. The van der Waals surface area contributed by atoms with E-state index in [0.29, 0.717) is 28.3 Å². The number of carbonyl (C=O) groups is 2. The van der Waals surface area contributed by atoms with Crippen LogP contribution in [0.5, 0.6) is 11.5 Å². The van der Waals surface area contributed by atoms with Crippen LogP contribution < -0.4 is 14.8 Å². The topological polar surface area (TPSA) is 103 Å². The number of carboxylic acid groups (broad SMARTS) is 1. The first-order chi connectivity index (χ1) is 14.4. The van der Waals surface area contributed by atoms with Crippen LogP contribution in [0.25, 0.3) is 16.9 Å². The third kappa shape index (κ3) is 4.43. The van der Waals surface area contributed by atoms with Gasteiger partial charge >= 0.3 is 5.97 Å². The van der Waals surface area contributed by atoms with Crippen molar-refractivity contribution in [2.24, 2.45) is 5.92 Å². The lowest BCUT2D eigenvalue weighted by molar-refractivity contribution is -0.140. The first-order valence-corrected chi connectivity index (χ1v) is 9.33. The van der Waals surface area contributed by atoms with Crippen molar-refractivity contribution in [2.45, 2.75) is 6.92 Å². The molecule has 0 aliphatic rings. The van der Waals surface area contributed by atoms with Gasteiger partial charge in [0.1, 0.15) is 17.2 Å². The highest BCUT2D eigenvalue weighted by molar-refractivity contribution is 6.00. The number of para-hydroxylation sites is 1. The van der Waals surface area contributed by atoms with E-state index in [1.165, 1.54) is 14.0 Å². The van der Waals surface area contributed by atoms with Crippen LogP contribution >= 0.6 is 0 Å². The molecular formula is C22H23N3O5. The Morgan fingerprint density at radius 2 is 1.87 bits per heavy atom. The second-order valence-corrected chi connectivity index (χ2v) is 6.69. The first kappa shape index (κ1) is 20.9. The predicted octanol–water partition coefficient (Wildman–Crippen LogP) is 3.01. The largest absolute Gasteiger partial charge is 0.497 e.